The van der Waals surface area contributed by atoms with Gasteiger partial charge in [0.15, 0.2) is 0 Å². The molecule has 1 saturated heterocycles. The van der Waals surface area contributed by atoms with Crippen molar-refractivity contribution in [3.05, 3.63) is 0 Å². The second-order valence-electron chi connectivity index (χ2n) is 2.13. The molecule has 0 saturated carbocycles. The molecule has 0 aromatic rings. The highest BCUT2D eigenvalue weighted by atomic mass is 16.5. The Bertz CT molecular complexity index is 69.8. The number of hydrogen-bond donors (Lipinski definition) is 3. The van der Waals surface area contributed by atoms with E-state index in [0.29, 0.717) is 6.04 Å². The summed E-state index contributed by atoms with van der Waals surface area (Å²) in [6.45, 7) is 3.30. The van der Waals surface area contributed by atoms with Crippen LogP contribution in [0.1, 0.15) is 0 Å². The van der Waals surface area contributed by atoms with Crippen LogP contribution in [-0.2, 0) is 4.74 Å². The standard InChI is InChI=1S/C5H13N3O/c6-8-3-5-4-9-2-1-7-5/h5,7-8H,1-4,6H2. The molecule has 4 heteroatoms. The predicted octanol–water partition coefficient (Wildman–Crippen LogP) is -1.56. The van der Waals surface area contributed by atoms with E-state index in [2.05, 4.69) is 10.7 Å². The zero-order chi connectivity index (χ0) is 6.53. The van der Waals surface area contributed by atoms with Gasteiger partial charge in [-0.15, -0.1) is 0 Å². The second-order valence-corrected chi connectivity index (χ2v) is 2.13. The molecule has 54 valence electrons. The lowest BCUT2D eigenvalue weighted by Crippen LogP contribution is -2.48. The Kier molecular flexibility index (Phi) is 2.93. The van der Waals surface area contributed by atoms with Gasteiger partial charge in [-0.2, -0.15) is 0 Å². The Hall–Kier alpha value is -0.160. The van der Waals surface area contributed by atoms with E-state index in [1.807, 2.05) is 0 Å². The number of hydrazine groups is 1. The lowest BCUT2D eigenvalue weighted by Gasteiger charge is -2.22. The Morgan fingerprint density at radius 3 is 3.22 bits per heavy atom. The zero-order valence-corrected chi connectivity index (χ0v) is 5.39. The number of nitrogens with two attached hydrogens (primary N) is 1. The maximum absolute atomic E-state index is 5.18. The smallest absolute Gasteiger partial charge is 0.0633 e. The van der Waals surface area contributed by atoms with Crippen molar-refractivity contribution in [1.82, 2.24) is 10.7 Å². The van der Waals surface area contributed by atoms with Crippen LogP contribution in [0, 0.1) is 0 Å². The number of ether oxygens (including phenoxy) is 1. The Morgan fingerprint density at radius 2 is 2.67 bits per heavy atom. The number of hydrogen-bond acceptors (Lipinski definition) is 4. The first kappa shape index (κ1) is 6.95. The molecule has 4 N–H and O–H groups in total. The van der Waals surface area contributed by atoms with Crippen molar-refractivity contribution >= 4 is 0 Å². The normalized spacial score (nSPS) is 28.3. The third kappa shape index (κ3) is 2.28. The molecular weight excluding hydrogens is 118 g/mol. The summed E-state index contributed by atoms with van der Waals surface area (Å²) in [7, 11) is 0. The minimum atomic E-state index is 0.392. The molecule has 0 aromatic carbocycles. The fraction of sp³-hybridized carbons (Fsp3) is 1.00. The summed E-state index contributed by atoms with van der Waals surface area (Å²) in [5.41, 5.74) is 2.59. The SMILES string of the molecule is NNCC1COCCN1. The second kappa shape index (κ2) is 3.79. The van der Waals surface area contributed by atoms with Crippen molar-refractivity contribution in [3.8, 4) is 0 Å². The van der Waals surface area contributed by atoms with Crippen molar-refractivity contribution < 1.29 is 4.74 Å². The highest BCUT2D eigenvalue weighted by Gasteiger charge is 2.10. The Morgan fingerprint density at radius 1 is 1.78 bits per heavy atom. The van der Waals surface area contributed by atoms with E-state index in [9.17, 15) is 0 Å². The van der Waals surface area contributed by atoms with Crippen LogP contribution in [-0.4, -0.2) is 32.3 Å². The molecule has 1 fully saturated rings. The van der Waals surface area contributed by atoms with E-state index in [-0.39, 0.29) is 0 Å². The molecular formula is C5H13N3O. The molecule has 0 spiro atoms. The number of nitrogens with one attached hydrogen (secondary N) is 2. The average molecular weight is 131 g/mol. The van der Waals surface area contributed by atoms with Gasteiger partial charge in [0.25, 0.3) is 0 Å². The number of rotatable bonds is 2. The summed E-state index contributed by atoms with van der Waals surface area (Å²) in [6, 6.07) is 0.392. The van der Waals surface area contributed by atoms with Crippen molar-refractivity contribution in [2.45, 2.75) is 6.04 Å². The minimum absolute atomic E-state index is 0.392. The van der Waals surface area contributed by atoms with E-state index in [0.717, 1.165) is 26.3 Å². The largest absolute Gasteiger partial charge is 0.378 e. The first-order valence-corrected chi connectivity index (χ1v) is 3.18. The van der Waals surface area contributed by atoms with Crippen LogP contribution in [0.5, 0.6) is 0 Å². The van der Waals surface area contributed by atoms with Crippen LogP contribution < -0.4 is 16.6 Å². The van der Waals surface area contributed by atoms with Crippen LogP contribution in [0.3, 0.4) is 0 Å². The highest BCUT2D eigenvalue weighted by Crippen LogP contribution is 1.89. The highest BCUT2D eigenvalue weighted by molar-refractivity contribution is 4.70. The van der Waals surface area contributed by atoms with E-state index in [4.69, 9.17) is 10.6 Å². The third-order valence-corrected chi connectivity index (χ3v) is 1.36. The lowest BCUT2D eigenvalue weighted by molar-refractivity contribution is 0.0768. The molecule has 0 amide bonds. The predicted molar refractivity (Wildman–Crippen MR) is 34.8 cm³/mol. The molecule has 0 bridgehead atoms. The maximum atomic E-state index is 5.18. The van der Waals surface area contributed by atoms with Crippen LogP contribution in [0.2, 0.25) is 0 Å². The summed E-state index contributed by atoms with van der Waals surface area (Å²) in [5.74, 6) is 5.11. The molecule has 1 heterocycles. The zero-order valence-electron chi connectivity index (χ0n) is 5.39. The van der Waals surface area contributed by atoms with Crippen molar-refractivity contribution in [2.75, 3.05) is 26.3 Å². The average Bonchev–Trinajstić information content (AvgIpc) is 1.91. The molecule has 1 unspecified atom stereocenters. The molecule has 1 atom stereocenters. The van der Waals surface area contributed by atoms with E-state index in [1.54, 1.807) is 0 Å². The monoisotopic (exact) mass is 131 g/mol. The molecule has 0 aromatic heterocycles. The van der Waals surface area contributed by atoms with Gasteiger partial charge < -0.3 is 10.1 Å². The topological polar surface area (TPSA) is 59.3 Å². The fourth-order valence-corrected chi connectivity index (χ4v) is 0.893. The van der Waals surface area contributed by atoms with Gasteiger partial charge in [-0.1, -0.05) is 0 Å². The van der Waals surface area contributed by atoms with E-state index in [1.165, 1.54) is 0 Å². The fourth-order valence-electron chi connectivity index (χ4n) is 0.893. The first-order valence-electron chi connectivity index (χ1n) is 3.18. The van der Waals surface area contributed by atoms with E-state index < -0.39 is 0 Å². The van der Waals surface area contributed by atoms with E-state index >= 15 is 0 Å². The van der Waals surface area contributed by atoms with Crippen LogP contribution in [0.15, 0.2) is 0 Å². The number of morpholine rings is 1. The van der Waals surface area contributed by atoms with Crippen LogP contribution in [0.25, 0.3) is 0 Å². The molecule has 9 heavy (non-hydrogen) atoms. The van der Waals surface area contributed by atoms with Crippen LogP contribution in [0.4, 0.5) is 0 Å². The summed E-state index contributed by atoms with van der Waals surface area (Å²) in [4.78, 5) is 0. The maximum Gasteiger partial charge on any atom is 0.0633 e. The molecule has 4 nitrogen and oxygen atoms in total. The van der Waals surface area contributed by atoms with Gasteiger partial charge in [0.05, 0.1) is 13.2 Å². The van der Waals surface area contributed by atoms with Crippen LogP contribution >= 0.6 is 0 Å². The molecule has 1 aliphatic rings. The minimum Gasteiger partial charge on any atom is -0.378 e. The van der Waals surface area contributed by atoms with Gasteiger partial charge in [0, 0.05) is 19.1 Å². The quantitative estimate of drug-likeness (QED) is 0.313. The van der Waals surface area contributed by atoms with Gasteiger partial charge in [0.1, 0.15) is 0 Å². The third-order valence-electron chi connectivity index (χ3n) is 1.36. The van der Waals surface area contributed by atoms with Crippen molar-refractivity contribution in [1.29, 1.82) is 0 Å². The Balaban J connectivity index is 2.08. The summed E-state index contributed by atoms with van der Waals surface area (Å²) in [6.07, 6.45) is 0. The summed E-state index contributed by atoms with van der Waals surface area (Å²) >= 11 is 0. The summed E-state index contributed by atoms with van der Waals surface area (Å²) < 4.78 is 5.18. The van der Waals surface area contributed by atoms with Gasteiger partial charge in [-0.3, -0.25) is 11.3 Å². The van der Waals surface area contributed by atoms with Gasteiger partial charge in [-0.25, -0.2) is 0 Å². The lowest BCUT2D eigenvalue weighted by atomic mass is 10.3. The first-order chi connectivity index (χ1) is 4.43. The Labute approximate surface area is 54.7 Å². The molecule has 0 aliphatic carbocycles. The molecule has 1 aliphatic heterocycles. The molecule has 0 radical (unpaired) electrons. The molecule has 1 rings (SSSR count). The van der Waals surface area contributed by atoms with Gasteiger partial charge >= 0.3 is 0 Å². The summed E-state index contributed by atoms with van der Waals surface area (Å²) in [5, 5.41) is 3.25. The van der Waals surface area contributed by atoms with Crippen molar-refractivity contribution in [3.63, 3.8) is 0 Å². The van der Waals surface area contributed by atoms with Crippen molar-refractivity contribution in [2.24, 2.45) is 5.84 Å². The van der Waals surface area contributed by atoms with Gasteiger partial charge in [0.2, 0.25) is 0 Å². The van der Waals surface area contributed by atoms with Gasteiger partial charge in [-0.05, 0) is 0 Å².